The van der Waals surface area contributed by atoms with E-state index in [-0.39, 0.29) is 12.5 Å². The molecule has 0 aromatic carbocycles. The molecule has 322 valence electrons. The van der Waals surface area contributed by atoms with Crippen LogP contribution in [0.1, 0.15) is 271 Å². The lowest BCUT2D eigenvalue weighted by Crippen LogP contribution is -2.50. The van der Waals surface area contributed by atoms with Crippen molar-refractivity contribution in [1.29, 1.82) is 0 Å². The molecule has 0 aromatic heterocycles. The third-order valence-electron chi connectivity index (χ3n) is 11.6. The summed E-state index contributed by atoms with van der Waals surface area (Å²) >= 11 is 0. The second-order valence-corrected chi connectivity index (χ2v) is 17.0. The molecule has 0 spiro atoms. The van der Waals surface area contributed by atoms with Gasteiger partial charge < -0.3 is 20.6 Å². The number of aliphatic hydroxyl groups excluding tert-OH is 3. The van der Waals surface area contributed by atoms with Crippen LogP contribution in [-0.2, 0) is 4.79 Å². The van der Waals surface area contributed by atoms with Gasteiger partial charge in [0.1, 0.15) is 6.10 Å². The summed E-state index contributed by atoms with van der Waals surface area (Å²) in [6, 6.07) is -0.804. The summed E-state index contributed by atoms with van der Waals surface area (Å²) in [6.45, 7) is 4.17. The molecule has 54 heavy (non-hydrogen) atoms. The van der Waals surface area contributed by atoms with Crippen LogP contribution >= 0.6 is 0 Å². The van der Waals surface area contributed by atoms with Gasteiger partial charge in [-0.25, -0.2) is 0 Å². The highest BCUT2D eigenvalue weighted by Gasteiger charge is 2.26. The van der Waals surface area contributed by atoms with Gasteiger partial charge in [0.25, 0.3) is 0 Å². The maximum absolute atomic E-state index is 12.4. The van der Waals surface area contributed by atoms with Gasteiger partial charge in [0, 0.05) is 6.42 Å². The summed E-state index contributed by atoms with van der Waals surface area (Å²) in [5.74, 6) is -0.143. The Morgan fingerprint density at radius 1 is 0.444 bits per heavy atom. The molecule has 3 atom stereocenters. The van der Waals surface area contributed by atoms with Crippen molar-refractivity contribution < 1.29 is 20.1 Å². The van der Waals surface area contributed by atoms with E-state index in [9.17, 15) is 20.1 Å². The lowest BCUT2D eigenvalue weighted by atomic mass is 9.99. The molecule has 0 rings (SSSR count). The Bertz CT molecular complexity index is 758. The maximum Gasteiger partial charge on any atom is 0.220 e. The van der Waals surface area contributed by atoms with Gasteiger partial charge >= 0.3 is 0 Å². The molecule has 0 radical (unpaired) electrons. The molecule has 4 N–H and O–H groups in total. The third-order valence-corrected chi connectivity index (χ3v) is 11.6. The topological polar surface area (TPSA) is 89.8 Å². The molecule has 0 fully saturated rings. The first-order valence-corrected chi connectivity index (χ1v) is 24.5. The van der Waals surface area contributed by atoms with E-state index in [4.69, 9.17) is 0 Å². The van der Waals surface area contributed by atoms with E-state index in [0.717, 1.165) is 38.5 Å². The van der Waals surface area contributed by atoms with Crippen LogP contribution in [0.3, 0.4) is 0 Å². The van der Waals surface area contributed by atoms with E-state index in [2.05, 4.69) is 31.3 Å². The smallest absolute Gasteiger partial charge is 0.220 e. The van der Waals surface area contributed by atoms with Crippen molar-refractivity contribution in [3.63, 3.8) is 0 Å². The van der Waals surface area contributed by atoms with Crippen molar-refractivity contribution in [3.05, 3.63) is 12.2 Å². The third kappa shape index (κ3) is 39.3. The number of rotatable bonds is 45. The number of amides is 1. The molecule has 5 nitrogen and oxygen atoms in total. The van der Waals surface area contributed by atoms with Crippen molar-refractivity contribution in [2.24, 2.45) is 0 Å². The van der Waals surface area contributed by atoms with Crippen LogP contribution in [0.2, 0.25) is 0 Å². The highest BCUT2D eigenvalue weighted by Crippen LogP contribution is 2.17. The zero-order valence-electron chi connectivity index (χ0n) is 36.6. The first-order valence-electron chi connectivity index (χ1n) is 24.5. The minimum absolute atomic E-state index is 0.143. The molecule has 0 saturated carbocycles. The highest BCUT2D eigenvalue weighted by molar-refractivity contribution is 5.76. The van der Waals surface area contributed by atoms with Gasteiger partial charge in [-0.3, -0.25) is 4.79 Å². The van der Waals surface area contributed by atoms with Gasteiger partial charge in [-0.15, -0.1) is 0 Å². The Balaban J connectivity index is 3.45. The predicted molar refractivity (Wildman–Crippen MR) is 236 cm³/mol. The highest BCUT2D eigenvalue weighted by atomic mass is 16.3. The molecule has 0 aliphatic heterocycles. The van der Waals surface area contributed by atoms with Gasteiger partial charge in [-0.05, 0) is 38.5 Å². The average molecular weight is 764 g/mol. The zero-order valence-corrected chi connectivity index (χ0v) is 36.6. The molecular formula is C49H97NO4. The van der Waals surface area contributed by atoms with E-state index in [0.29, 0.717) is 12.8 Å². The van der Waals surface area contributed by atoms with E-state index in [1.807, 2.05) is 0 Å². The first kappa shape index (κ1) is 53.1. The first-order chi connectivity index (χ1) is 26.6. The summed E-state index contributed by atoms with van der Waals surface area (Å²) in [5, 5.41) is 33.4. The number of aliphatic hydroxyl groups is 3. The summed E-state index contributed by atoms with van der Waals surface area (Å²) in [7, 11) is 0. The number of carbonyl (C=O) groups is 1. The van der Waals surface area contributed by atoms with E-state index < -0.39 is 18.2 Å². The van der Waals surface area contributed by atoms with Gasteiger partial charge in [0.05, 0.1) is 18.8 Å². The molecule has 3 unspecified atom stereocenters. The van der Waals surface area contributed by atoms with Gasteiger partial charge in [-0.1, -0.05) is 238 Å². The monoisotopic (exact) mass is 764 g/mol. The lowest BCUT2D eigenvalue weighted by molar-refractivity contribution is -0.124. The Kier molecular flexibility index (Phi) is 44.0. The molecule has 1 amide bonds. The van der Waals surface area contributed by atoms with Crippen LogP contribution in [0.25, 0.3) is 0 Å². The molecule has 0 aliphatic carbocycles. The fourth-order valence-electron chi connectivity index (χ4n) is 7.81. The van der Waals surface area contributed by atoms with Crippen LogP contribution in [-0.4, -0.2) is 46.1 Å². The van der Waals surface area contributed by atoms with Crippen molar-refractivity contribution in [2.45, 2.75) is 289 Å². The standard InChI is InChI=1S/C49H97NO4/c1-3-5-7-9-11-13-14-15-16-17-18-19-20-21-22-23-24-25-26-27-28-29-30-31-32-33-34-36-38-40-42-44-48(53)50-46(45-51)49(54)47(52)43-41-39-37-35-12-10-8-6-4-2/h21-22,46-47,49,51-52,54H,3-20,23-45H2,1-2H3,(H,50,53)/b22-21-. The Morgan fingerprint density at radius 2 is 0.741 bits per heavy atom. The minimum Gasteiger partial charge on any atom is -0.394 e. The molecular weight excluding hydrogens is 667 g/mol. The molecule has 0 saturated heterocycles. The van der Waals surface area contributed by atoms with E-state index in [1.54, 1.807) is 0 Å². The summed E-state index contributed by atoms with van der Waals surface area (Å²) in [4.78, 5) is 12.4. The summed E-state index contributed by atoms with van der Waals surface area (Å²) in [5.41, 5.74) is 0. The van der Waals surface area contributed by atoms with Crippen LogP contribution < -0.4 is 5.32 Å². The second-order valence-electron chi connectivity index (χ2n) is 17.0. The maximum atomic E-state index is 12.4. The quantitative estimate of drug-likeness (QED) is 0.0367. The molecule has 0 bridgehead atoms. The van der Waals surface area contributed by atoms with Crippen molar-refractivity contribution in [3.8, 4) is 0 Å². The van der Waals surface area contributed by atoms with Crippen molar-refractivity contribution >= 4 is 5.91 Å². The largest absolute Gasteiger partial charge is 0.394 e. The molecule has 0 aliphatic rings. The van der Waals surface area contributed by atoms with Gasteiger partial charge in [0.2, 0.25) is 5.91 Å². The second kappa shape index (κ2) is 44.8. The van der Waals surface area contributed by atoms with E-state index in [1.165, 1.54) is 205 Å². The minimum atomic E-state index is -1.13. The fraction of sp³-hybridized carbons (Fsp3) is 0.939. The lowest BCUT2D eigenvalue weighted by Gasteiger charge is -2.26. The average Bonchev–Trinajstić information content (AvgIpc) is 3.18. The van der Waals surface area contributed by atoms with E-state index >= 15 is 0 Å². The number of allylic oxidation sites excluding steroid dienone is 2. The zero-order chi connectivity index (χ0) is 39.4. The molecule has 0 aromatic rings. The Morgan fingerprint density at radius 3 is 1.07 bits per heavy atom. The van der Waals surface area contributed by atoms with Crippen LogP contribution in [0.15, 0.2) is 12.2 Å². The predicted octanol–water partition coefficient (Wildman–Crippen LogP) is 14.4. The Labute approximate surface area is 338 Å². The summed E-state index contributed by atoms with van der Waals surface area (Å²) < 4.78 is 0. The van der Waals surface area contributed by atoms with Gasteiger partial charge in [0.15, 0.2) is 0 Å². The molecule has 5 heteroatoms. The number of hydrogen-bond donors (Lipinski definition) is 4. The number of carbonyl (C=O) groups excluding carboxylic acids is 1. The fourth-order valence-corrected chi connectivity index (χ4v) is 7.81. The number of nitrogens with one attached hydrogen (secondary N) is 1. The molecule has 0 heterocycles. The summed E-state index contributed by atoms with van der Waals surface area (Å²) in [6.07, 6.45) is 53.6. The van der Waals surface area contributed by atoms with Crippen LogP contribution in [0.4, 0.5) is 0 Å². The van der Waals surface area contributed by atoms with Crippen LogP contribution in [0.5, 0.6) is 0 Å². The number of unbranched alkanes of at least 4 members (excludes halogenated alkanes) is 35. The van der Waals surface area contributed by atoms with Crippen molar-refractivity contribution in [1.82, 2.24) is 5.32 Å². The van der Waals surface area contributed by atoms with Crippen molar-refractivity contribution in [2.75, 3.05) is 6.61 Å². The van der Waals surface area contributed by atoms with Crippen LogP contribution in [0, 0.1) is 0 Å². The Hall–Kier alpha value is -0.910. The SMILES string of the molecule is CCCCCCCCCCCCCC/C=C\CCCCCCCCCCCCCCCCCC(=O)NC(CO)C(O)C(O)CCCCCCCCCCC. The normalized spacial score (nSPS) is 13.5. The number of hydrogen-bond acceptors (Lipinski definition) is 4. The van der Waals surface area contributed by atoms with Gasteiger partial charge in [-0.2, -0.15) is 0 Å².